The Kier molecular flexibility index (Phi) is 4.91. The smallest absolute Gasteiger partial charge is 0.249 e. The Morgan fingerprint density at radius 1 is 1.46 bits per heavy atom. The second-order valence-corrected chi connectivity index (χ2v) is 5.07. The summed E-state index contributed by atoms with van der Waals surface area (Å²) in [5.74, 6) is 0.236. The Bertz CT molecular complexity index is 279. The van der Waals surface area contributed by atoms with Crippen molar-refractivity contribution < 1.29 is 13.3 Å². The van der Waals surface area contributed by atoms with Crippen LogP contribution in [0.4, 0.5) is 0 Å². The van der Waals surface area contributed by atoms with Gasteiger partial charge in [0.1, 0.15) is 0 Å². The van der Waals surface area contributed by atoms with Gasteiger partial charge < -0.3 is 0 Å². The van der Waals surface area contributed by atoms with Crippen molar-refractivity contribution in [2.24, 2.45) is 5.92 Å². The minimum absolute atomic E-state index is 0.236. The highest BCUT2D eigenvalue weighted by Gasteiger charge is 2.19. The van der Waals surface area contributed by atoms with Crippen LogP contribution < -0.4 is 4.89 Å². The molecular weight excluding hydrogens is 192 g/mol. The first-order valence-corrected chi connectivity index (χ1v) is 5.46. The summed E-state index contributed by atoms with van der Waals surface area (Å²) < 4.78 is 22.2. The summed E-state index contributed by atoms with van der Waals surface area (Å²) in [6, 6.07) is 1.61. The van der Waals surface area contributed by atoms with Crippen LogP contribution in [0.5, 0.6) is 0 Å². The zero-order valence-electron chi connectivity index (χ0n) is 7.94. The van der Waals surface area contributed by atoms with Crippen LogP contribution in [0.3, 0.4) is 0 Å². The van der Waals surface area contributed by atoms with Gasteiger partial charge >= 0.3 is 0 Å². The molecule has 0 fully saturated rings. The summed E-state index contributed by atoms with van der Waals surface area (Å²) >= 11 is 0. The number of hydrogen-bond acceptors (Lipinski definition) is 4. The Hall–Kier alpha value is -0.640. The molecule has 0 spiro atoms. The molecule has 0 amide bonds. The number of rotatable bonds is 5. The van der Waals surface area contributed by atoms with E-state index in [2.05, 4.69) is 0 Å². The van der Waals surface area contributed by atoms with Gasteiger partial charge in [-0.05, 0) is 12.8 Å². The highest BCUT2D eigenvalue weighted by molar-refractivity contribution is 7.90. The van der Waals surface area contributed by atoms with Crippen LogP contribution in [0.2, 0.25) is 0 Å². The molecule has 0 aromatic rings. The lowest BCUT2D eigenvalue weighted by atomic mass is 10.2. The summed E-state index contributed by atoms with van der Waals surface area (Å²) in [4.78, 5) is 6.58. The minimum Gasteiger partial charge on any atom is -0.287 e. The van der Waals surface area contributed by atoms with Crippen LogP contribution in [0.15, 0.2) is 0 Å². The maximum Gasteiger partial charge on any atom is 0.249 e. The van der Waals surface area contributed by atoms with Gasteiger partial charge in [-0.2, -0.15) is 5.26 Å². The lowest BCUT2D eigenvalue weighted by molar-refractivity contribution is 0.0716. The van der Waals surface area contributed by atoms with Crippen molar-refractivity contribution in [2.45, 2.75) is 26.0 Å². The predicted octanol–water partition coefficient (Wildman–Crippen LogP) is 0.405. The number of nitrogens with zero attached hydrogens (tertiary/aromatic N) is 1. The van der Waals surface area contributed by atoms with E-state index in [1.54, 1.807) is 6.07 Å². The second-order valence-electron chi connectivity index (χ2n) is 3.10. The van der Waals surface area contributed by atoms with Crippen LogP contribution in [-0.4, -0.2) is 20.3 Å². The molecule has 0 aliphatic rings. The van der Waals surface area contributed by atoms with E-state index in [4.69, 9.17) is 10.1 Å². The molecule has 5 nitrogen and oxygen atoms in total. The van der Waals surface area contributed by atoms with E-state index in [9.17, 15) is 8.42 Å². The summed E-state index contributed by atoms with van der Waals surface area (Å²) in [6.07, 6.45) is 0. The van der Waals surface area contributed by atoms with Crippen LogP contribution in [0, 0.1) is 17.2 Å². The van der Waals surface area contributed by atoms with Gasteiger partial charge in [-0.3, -0.25) is 4.84 Å². The van der Waals surface area contributed by atoms with E-state index >= 15 is 0 Å². The first-order valence-electron chi connectivity index (χ1n) is 3.92. The zero-order chi connectivity index (χ0) is 10.5. The largest absolute Gasteiger partial charge is 0.287 e. The maximum absolute atomic E-state index is 11.1. The van der Waals surface area contributed by atoms with Crippen molar-refractivity contribution in [1.29, 1.82) is 5.26 Å². The van der Waals surface area contributed by atoms with Gasteiger partial charge in [0.25, 0.3) is 0 Å². The van der Waals surface area contributed by atoms with Crippen LogP contribution in [0.1, 0.15) is 20.8 Å². The third-order valence-corrected chi connectivity index (χ3v) is 2.63. The summed E-state index contributed by atoms with van der Waals surface area (Å²) in [5, 5.41) is 7.26. The SMILES string of the molecule is CC(C)CONS(=O)(=O)C(C)C#N. The van der Waals surface area contributed by atoms with Gasteiger partial charge in [-0.1, -0.05) is 18.7 Å². The number of sulfonamides is 1. The Labute approximate surface area is 78.7 Å². The molecule has 1 N–H and O–H groups in total. The molecule has 1 atom stereocenters. The van der Waals surface area contributed by atoms with E-state index in [0.29, 0.717) is 0 Å². The Morgan fingerprint density at radius 2 is 2.00 bits per heavy atom. The molecule has 0 rings (SSSR count). The molecule has 13 heavy (non-hydrogen) atoms. The van der Waals surface area contributed by atoms with Crippen LogP contribution in [0.25, 0.3) is 0 Å². The molecule has 0 aliphatic heterocycles. The molecular formula is C7H14N2O3S. The van der Waals surface area contributed by atoms with Crippen molar-refractivity contribution in [3.63, 3.8) is 0 Å². The van der Waals surface area contributed by atoms with Gasteiger partial charge in [0, 0.05) is 0 Å². The predicted molar refractivity (Wildman–Crippen MR) is 47.9 cm³/mol. The van der Waals surface area contributed by atoms with E-state index in [-0.39, 0.29) is 12.5 Å². The molecule has 6 heteroatoms. The third kappa shape index (κ3) is 4.83. The standard InChI is InChI=1S/C7H14N2O3S/c1-6(2)5-12-9-13(10,11)7(3)4-8/h6-7,9H,5H2,1-3H3. The lowest BCUT2D eigenvalue weighted by Gasteiger charge is -2.09. The fraction of sp³-hybridized carbons (Fsp3) is 0.857. The van der Waals surface area contributed by atoms with Gasteiger partial charge in [-0.15, -0.1) is 0 Å². The Morgan fingerprint density at radius 3 is 2.38 bits per heavy atom. The lowest BCUT2D eigenvalue weighted by Crippen LogP contribution is -2.32. The normalized spacial score (nSPS) is 14.1. The molecule has 1 unspecified atom stereocenters. The zero-order valence-corrected chi connectivity index (χ0v) is 8.76. The first-order chi connectivity index (χ1) is 5.90. The average Bonchev–Trinajstić information content (AvgIpc) is 2.01. The molecule has 0 saturated heterocycles. The number of nitrogens with one attached hydrogen (secondary N) is 1. The van der Waals surface area contributed by atoms with Gasteiger partial charge in [-0.25, -0.2) is 8.42 Å². The minimum atomic E-state index is -3.64. The van der Waals surface area contributed by atoms with E-state index < -0.39 is 15.3 Å². The Balaban J connectivity index is 4.00. The number of nitriles is 1. The molecule has 0 aromatic carbocycles. The van der Waals surface area contributed by atoms with Crippen molar-refractivity contribution in [3.05, 3.63) is 0 Å². The van der Waals surface area contributed by atoms with Crippen molar-refractivity contribution in [1.82, 2.24) is 4.89 Å². The fourth-order valence-corrected chi connectivity index (χ4v) is 0.940. The summed E-state index contributed by atoms with van der Waals surface area (Å²) in [6.45, 7) is 5.36. The quantitative estimate of drug-likeness (QED) is 0.660. The maximum atomic E-state index is 11.1. The summed E-state index contributed by atoms with van der Waals surface area (Å²) in [5.41, 5.74) is 0. The fourth-order valence-electron chi connectivity index (χ4n) is 0.424. The second kappa shape index (κ2) is 5.17. The van der Waals surface area contributed by atoms with E-state index in [0.717, 1.165) is 0 Å². The number of hydrogen-bond donors (Lipinski definition) is 1. The molecule has 0 heterocycles. The van der Waals surface area contributed by atoms with Crippen LogP contribution in [-0.2, 0) is 14.9 Å². The molecule has 0 aliphatic carbocycles. The van der Waals surface area contributed by atoms with Crippen molar-refractivity contribution in [3.8, 4) is 6.07 Å². The highest BCUT2D eigenvalue weighted by atomic mass is 32.2. The molecule has 0 radical (unpaired) electrons. The van der Waals surface area contributed by atoms with Gasteiger partial charge in [0.2, 0.25) is 10.0 Å². The van der Waals surface area contributed by atoms with Crippen molar-refractivity contribution in [2.75, 3.05) is 6.61 Å². The highest BCUT2D eigenvalue weighted by Crippen LogP contribution is 1.97. The molecule has 0 bridgehead atoms. The van der Waals surface area contributed by atoms with E-state index in [1.165, 1.54) is 6.92 Å². The van der Waals surface area contributed by atoms with Gasteiger partial charge in [0.15, 0.2) is 5.25 Å². The van der Waals surface area contributed by atoms with Gasteiger partial charge in [0.05, 0.1) is 12.7 Å². The van der Waals surface area contributed by atoms with Crippen molar-refractivity contribution >= 4 is 10.0 Å². The summed E-state index contributed by atoms with van der Waals surface area (Å²) in [7, 11) is -3.64. The third-order valence-electron chi connectivity index (χ3n) is 1.24. The van der Waals surface area contributed by atoms with E-state index in [1.807, 2.05) is 18.7 Å². The molecule has 76 valence electrons. The monoisotopic (exact) mass is 206 g/mol. The van der Waals surface area contributed by atoms with Crippen LogP contribution >= 0.6 is 0 Å². The topological polar surface area (TPSA) is 79.2 Å². The average molecular weight is 206 g/mol. The molecule has 0 aromatic heterocycles. The molecule has 0 saturated carbocycles. The first kappa shape index (κ1) is 12.4.